The summed E-state index contributed by atoms with van der Waals surface area (Å²) in [6.07, 6.45) is 83.5. The highest BCUT2D eigenvalue weighted by Gasteiger charge is 2.19. The van der Waals surface area contributed by atoms with Crippen LogP contribution < -0.4 is 0 Å². The second-order valence-electron chi connectivity index (χ2n) is 22.0. The van der Waals surface area contributed by atoms with Gasteiger partial charge in [-0.1, -0.05) is 299 Å². The van der Waals surface area contributed by atoms with E-state index in [0.29, 0.717) is 19.3 Å². The van der Waals surface area contributed by atoms with Crippen LogP contribution in [0.5, 0.6) is 0 Å². The maximum Gasteiger partial charge on any atom is 0.306 e. The molecule has 0 radical (unpaired) electrons. The highest BCUT2D eigenvalue weighted by atomic mass is 16.6. The summed E-state index contributed by atoms with van der Waals surface area (Å²) in [6, 6.07) is 0. The van der Waals surface area contributed by atoms with Crippen LogP contribution in [0.25, 0.3) is 0 Å². The average Bonchev–Trinajstić information content (AvgIpc) is 3.42. The SMILES string of the molecule is CC/C=C\C/C=C\C/C=C\C/C=C\CCCCC(=O)OCC(COC(=O)CCCCCCCCCCCCCCCCCCCCCCCC)OC(=O)CCCCCCCCCCC/C=C\C/C=C\CCCCCCC. The van der Waals surface area contributed by atoms with Crippen LogP contribution in [-0.2, 0) is 28.6 Å². The molecular formula is C70H124O6. The van der Waals surface area contributed by atoms with Crippen LogP contribution in [0.2, 0.25) is 0 Å². The fraction of sp³-hybridized carbons (Fsp3) is 0.786. The Morgan fingerprint density at radius 3 is 0.829 bits per heavy atom. The van der Waals surface area contributed by atoms with Gasteiger partial charge in [-0.3, -0.25) is 14.4 Å². The summed E-state index contributed by atoms with van der Waals surface area (Å²) < 4.78 is 16.9. The van der Waals surface area contributed by atoms with Crippen molar-refractivity contribution in [3.8, 4) is 0 Å². The van der Waals surface area contributed by atoms with Gasteiger partial charge in [-0.15, -0.1) is 0 Å². The van der Waals surface area contributed by atoms with Gasteiger partial charge in [0.1, 0.15) is 13.2 Å². The first-order chi connectivity index (χ1) is 37.5. The summed E-state index contributed by atoms with van der Waals surface area (Å²) in [5, 5.41) is 0. The van der Waals surface area contributed by atoms with Crippen molar-refractivity contribution >= 4 is 17.9 Å². The molecule has 0 bridgehead atoms. The lowest BCUT2D eigenvalue weighted by Crippen LogP contribution is -2.30. The standard InChI is InChI=1S/C70H124O6/c1-4-7-10-13-16-19-22-25-28-30-32-34-36-37-39-42-45-48-51-54-57-60-63-69(72)75-66-67(65-74-68(71)62-59-56-53-50-47-44-41-27-24-21-18-15-12-9-6-3)76-70(73)64-61-58-55-52-49-46-43-40-38-35-33-31-29-26-23-20-17-14-11-8-5-2/h9,12,18,21,23,26-27,31,33,41,47,50,67H,4-8,10-11,13-17,19-20,22,24-25,28-30,32,34-40,42-46,48-49,51-66H2,1-3H3/b12-9-,21-18-,26-23-,33-31-,41-27-,50-47-. The van der Waals surface area contributed by atoms with E-state index in [1.165, 1.54) is 205 Å². The van der Waals surface area contributed by atoms with Crippen molar-refractivity contribution in [2.24, 2.45) is 0 Å². The van der Waals surface area contributed by atoms with Crippen LogP contribution in [0.3, 0.4) is 0 Å². The quantitative estimate of drug-likeness (QED) is 0.0261. The average molecular weight is 1060 g/mol. The first kappa shape index (κ1) is 72.8. The Morgan fingerprint density at radius 2 is 0.513 bits per heavy atom. The van der Waals surface area contributed by atoms with E-state index in [-0.39, 0.29) is 31.1 Å². The fourth-order valence-corrected chi connectivity index (χ4v) is 9.53. The van der Waals surface area contributed by atoms with Gasteiger partial charge in [0.2, 0.25) is 0 Å². The van der Waals surface area contributed by atoms with Crippen molar-refractivity contribution in [3.05, 3.63) is 72.9 Å². The Hall–Kier alpha value is -3.15. The fourth-order valence-electron chi connectivity index (χ4n) is 9.53. The molecule has 0 saturated carbocycles. The van der Waals surface area contributed by atoms with Gasteiger partial charge in [-0.25, -0.2) is 0 Å². The first-order valence-corrected chi connectivity index (χ1v) is 32.9. The number of esters is 3. The lowest BCUT2D eigenvalue weighted by Gasteiger charge is -2.18. The number of ether oxygens (including phenoxy) is 3. The number of hydrogen-bond donors (Lipinski definition) is 0. The Kier molecular flexibility index (Phi) is 61.7. The van der Waals surface area contributed by atoms with Gasteiger partial charge in [0, 0.05) is 19.3 Å². The molecule has 0 amide bonds. The molecule has 0 saturated heterocycles. The van der Waals surface area contributed by atoms with Gasteiger partial charge >= 0.3 is 17.9 Å². The van der Waals surface area contributed by atoms with E-state index in [1.54, 1.807) is 0 Å². The van der Waals surface area contributed by atoms with Gasteiger partial charge in [-0.05, 0) is 89.9 Å². The molecule has 6 heteroatoms. The smallest absolute Gasteiger partial charge is 0.306 e. The zero-order valence-corrected chi connectivity index (χ0v) is 50.5. The summed E-state index contributed by atoms with van der Waals surface area (Å²) in [6.45, 7) is 6.53. The second kappa shape index (κ2) is 64.4. The van der Waals surface area contributed by atoms with Crippen LogP contribution in [0.1, 0.15) is 335 Å². The summed E-state index contributed by atoms with van der Waals surface area (Å²) in [7, 11) is 0. The molecule has 0 aliphatic heterocycles. The molecule has 1 unspecified atom stereocenters. The molecule has 0 N–H and O–H groups in total. The molecule has 0 spiro atoms. The maximum atomic E-state index is 12.9. The van der Waals surface area contributed by atoms with Crippen LogP contribution in [0.15, 0.2) is 72.9 Å². The van der Waals surface area contributed by atoms with Crippen molar-refractivity contribution < 1.29 is 28.6 Å². The largest absolute Gasteiger partial charge is 0.462 e. The van der Waals surface area contributed by atoms with Crippen LogP contribution >= 0.6 is 0 Å². The van der Waals surface area contributed by atoms with Crippen LogP contribution in [-0.4, -0.2) is 37.2 Å². The third-order valence-corrected chi connectivity index (χ3v) is 14.4. The Labute approximate surface area is 472 Å². The van der Waals surface area contributed by atoms with E-state index in [4.69, 9.17) is 14.2 Å². The van der Waals surface area contributed by atoms with E-state index in [2.05, 4.69) is 93.7 Å². The molecule has 0 heterocycles. The minimum Gasteiger partial charge on any atom is -0.462 e. The van der Waals surface area contributed by atoms with Crippen LogP contribution in [0, 0.1) is 0 Å². The number of allylic oxidation sites excluding steroid dienone is 12. The lowest BCUT2D eigenvalue weighted by molar-refractivity contribution is -0.167. The highest BCUT2D eigenvalue weighted by Crippen LogP contribution is 2.17. The predicted octanol–water partition coefficient (Wildman–Crippen LogP) is 22.5. The molecule has 1 atom stereocenters. The van der Waals surface area contributed by atoms with Gasteiger partial charge in [-0.2, -0.15) is 0 Å². The highest BCUT2D eigenvalue weighted by molar-refractivity contribution is 5.71. The summed E-state index contributed by atoms with van der Waals surface area (Å²) in [5.41, 5.74) is 0. The zero-order chi connectivity index (χ0) is 55.0. The van der Waals surface area contributed by atoms with Gasteiger partial charge < -0.3 is 14.2 Å². The zero-order valence-electron chi connectivity index (χ0n) is 50.5. The Balaban J connectivity index is 4.36. The van der Waals surface area contributed by atoms with Crippen molar-refractivity contribution in [3.63, 3.8) is 0 Å². The summed E-state index contributed by atoms with van der Waals surface area (Å²) in [4.78, 5) is 38.3. The molecule has 440 valence electrons. The number of unbranched alkanes of at least 4 members (excludes halogenated alkanes) is 37. The summed E-state index contributed by atoms with van der Waals surface area (Å²) >= 11 is 0. The van der Waals surface area contributed by atoms with Gasteiger partial charge in [0.25, 0.3) is 0 Å². The number of rotatable bonds is 60. The second-order valence-corrected chi connectivity index (χ2v) is 22.0. The molecule has 0 aromatic carbocycles. The molecular weight excluding hydrogens is 937 g/mol. The minimum atomic E-state index is -0.795. The molecule has 0 aliphatic rings. The van der Waals surface area contributed by atoms with Crippen molar-refractivity contribution in [2.75, 3.05) is 13.2 Å². The third-order valence-electron chi connectivity index (χ3n) is 14.4. The molecule has 76 heavy (non-hydrogen) atoms. The Bertz CT molecular complexity index is 1400. The van der Waals surface area contributed by atoms with E-state index in [1.807, 2.05) is 0 Å². The summed E-state index contributed by atoms with van der Waals surface area (Å²) in [5.74, 6) is -0.918. The molecule has 0 aromatic heterocycles. The van der Waals surface area contributed by atoms with E-state index in [9.17, 15) is 14.4 Å². The minimum absolute atomic E-state index is 0.0874. The predicted molar refractivity (Wildman–Crippen MR) is 330 cm³/mol. The van der Waals surface area contributed by atoms with Gasteiger partial charge in [0.15, 0.2) is 6.10 Å². The number of hydrogen-bond acceptors (Lipinski definition) is 6. The number of carbonyl (C=O) groups excluding carboxylic acids is 3. The number of carbonyl (C=O) groups is 3. The van der Waals surface area contributed by atoms with Crippen molar-refractivity contribution in [2.45, 2.75) is 341 Å². The van der Waals surface area contributed by atoms with Crippen LogP contribution in [0.4, 0.5) is 0 Å². The van der Waals surface area contributed by atoms with Crippen molar-refractivity contribution in [1.82, 2.24) is 0 Å². The normalized spacial score (nSPS) is 12.5. The maximum absolute atomic E-state index is 12.9. The van der Waals surface area contributed by atoms with Gasteiger partial charge in [0.05, 0.1) is 0 Å². The first-order valence-electron chi connectivity index (χ1n) is 32.9. The third kappa shape index (κ3) is 61.7. The monoisotopic (exact) mass is 1060 g/mol. The Morgan fingerprint density at radius 1 is 0.276 bits per heavy atom. The molecule has 0 aliphatic carbocycles. The van der Waals surface area contributed by atoms with E-state index < -0.39 is 6.10 Å². The molecule has 6 nitrogen and oxygen atoms in total. The topological polar surface area (TPSA) is 78.9 Å². The molecule has 0 rings (SSSR count). The lowest BCUT2D eigenvalue weighted by atomic mass is 10.0. The van der Waals surface area contributed by atoms with Crippen molar-refractivity contribution in [1.29, 1.82) is 0 Å². The van der Waals surface area contributed by atoms with E-state index in [0.717, 1.165) is 89.9 Å². The molecule has 0 aromatic rings. The molecule has 0 fully saturated rings. The van der Waals surface area contributed by atoms with E-state index >= 15 is 0 Å².